The summed E-state index contributed by atoms with van der Waals surface area (Å²) in [5.41, 5.74) is 0.442. The minimum atomic E-state index is -0.812. The number of thioether (sulfide) groups is 1. The zero-order valence-electron chi connectivity index (χ0n) is 11.4. The van der Waals surface area contributed by atoms with E-state index in [1.807, 2.05) is 11.9 Å². The molecule has 0 radical (unpaired) electrons. The Balaban J connectivity index is 2.42. The Kier molecular flexibility index (Phi) is 5.23. The van der Waals surface area contributed by atoms with E-state index in [0.29, 0.717) is 0 Å². The highest BCUT2D eigenvalue weighted by atomic mass is 32.2. The van der Waals surface area contributed by atoms with E-state index in [4.69, 9.17) is 5.11 Å². The van der Waals surface area contributed by atoms with E-state index in [9.17, 15) is 4.79 Å². The molecule has 1 rings (SSSR count). The quantitative estimate of drug-likeness (QED) is 0.805. The van der Waals surface area contributed by atoms with Gasteiger partial charge in [0.25, 0.3) is 0 Å². The van der Waals surface area contributed by atoms with Crippen LogP contribution in [0, 0.1) is 6.92 Å². The molecule has 3 nitrogen and oxygen atoms in total. The Morgan fingerprint density at radius 3 is 2.39 bits per heavy atom. The predicted molar refractivity (Wildman–Crippen MR) is 76.2 cm³/mol. The first-order valence-corrected chi connectivity index (χ1v) is 6.96. The minimum absolute atomic E-state index is 0.748. The molecule has 0 amide bonds. The first kappa shape index (κ1) is 15.1. The van der Waals surface area contributed by atoms with Crippen molar-refractivity contribution in [2.75, 3.05) is 19.3 Å². The zero-order chi connectivity index (χ0) is 13.8. The van der Waals surface area contributed by atoms with E-state index < -0.39 is 11.5 Å². The molecule has 0 spiro atoms. The molecule has 100 valence electrons. The van der Waals surface area contributed by atoms with Crippen molar-refractivity contribution in [3.63, 3.8) is 0 Å². The van der Waals surface area contributed by atoms with Gasteiger partial charge in [-0.05, 0) is 40.0 Å². The van der Waals surface area contributed by atoms with Gasteiger partial charge in [-0.15, -0.1) is 11.8 Å². The fourth-order valence-corrected chi connectivity index (χ4v) is 2.31. The number of carboxylic acids is 1. The van der Waals surface area contributed by atoms with Crippen LogP contribution in [-0.2, 0) is 4.79 Å². The summed E-state index contributed by atoms with van der Waals surface area (Å²) in [6, 6.07) is 8.38. The fourth-order valence-electron chi connectivity index (χ4n) is 1.38. The Labute approximate surface area is 113 Å². The van der Waals surface area contributed by atoms with Crippen LogP contribution in [0.4, 0.5) is 0 Å². The van der Waals surface area contributed by atoms with Crippen LogP contribution in [0.1, 0.15) is 19.4 Å². The lowest BCUT2D eigenvalue weighted by Gasteiger charge is -2.31. The Morgan fingerprint density at radius 2 is 1.89 bits per heavy atom. The van der Waals surface area contributed by atoms with E-state index >= 15 is 0 Å². The molecule has 0 saturated carbocycles. The van der Waals surface area contributed by atoms with Crippen molar-refractivity contribution >= 4 is 17.7 Å². The molecule has 4 heteroatoms. The smallest absolute Gasteiger partial charge is 0.323 e. The molecule has 1 aromatic carbocycles. The monoisotopic (exact) mass is 267 g/mol. The normalized spacial score (nSPS) is 11.8. The lowest BCUT2D eigenvalue weighted by Crippen LogP contribution is -2.48. The maximum Gasteiger partial charge on any atom is 0.323 e. The summed E-state index contributed by atoms with van der Waals surface area (Å²) in [4.78, 5) is 14.2. The third-order valence-corrected chi connectivity index (χ3v) is 4.19. The number of carbonyl (C=O) groups is 1. The standard InChI is InChI=1S/C14H21NO2S/c1-11-5-7-12(8-6-11)18-10-9-15(4)14(2,3)13(16)17/h5-8H,9-10H2,1-4H3,(H,16,17). The second-order valence-electron chi connectivity index (χ2n) is 4.95. The van der Waals surface area contributed by atoms with Crippen LogP contribution in [0.5, 0.6) is 0 Å². The first-order chi connectivity index (χ1) is 8.34. The summed E-state index contributed by atoms with van der Waals surface area (Å²) in [6.45, 7) is 6.27. The van der Waals surface area contributed by atoms with Crippen LogP contribution in [0.3, 0.4) is 0 Å². The van der Waals surface area contributed by atoms with Gasteiger partial charge in [0, 0.05) is 17.2 Å². The molecule has 0 aromatic heterocycles. The van der Waals surface area contributed by atoms with Crippen molar-refractivity contribution in [2.45, 2.75) is 31.2 Å². The topological polar surface area (TPSA) is 40.5 Å². The van der Waals surface area contributed by atoms with Gasteiger partial charge in [0.05, 0.1) is 0 Å². The van der Waals surface area contributed by atoms with E-state index in [1.54, 1.807) is 25.6 Å². The maximum absolute atomic E-state index is 11.1. The molecular weight excluding hydrogens is 246 g/mol. The summed E-state index contributed by atoms with van der Waals surface area (Å²) in [6.07, 6.45) is 0. The molecule has 1 N–H and O–H groups in total. The van der Waals surface area contributed by atoms with Gasteiger partial charge in [0.2, 0.25) is 0 Å². The number of rotatable bonds is 6. The van der Waals surface area contributed by atoms with Crippen LogP contribution >= 0.6 is 11.8 Å². The van der Waals surface area contributed by atoms with Crippen LogP contribution in [-0.4, -0.2) is 40.9 Å². The van der Waals surface area contributed by atoms with Crippen LogP contribution in [0.25, 0.3) is 0 Å². The van der Waals surface area contributed by atoms with Crippen molar-refractivity contribution in [2.24, 2.45) is 0 Å². The van der Waals surface area contributed by atoms with Crippen LogP contribution < -0.4 is 0 Å². The summed E-state index contributed by atoms with van der Waals surface area (Å²) in [7, 11) is 1.85. The molecule has 0 unspecified atom stereocenters. The molecule has 0 fully saturated rings. The Bertz CT molecular complexity index is 401. The highest BCUT2D eigenvalue weighted by molar-refractivity contribution is 7.99. The fraction of sp³-hybridized carbons (Fsp3) is 0.500. The van der Waals surface area contributed by atoms with Crippen molar-refractivity contribution in [1.82, 2.24) is 4.90 Å². The number of likely N-dealkylation sites (N-methyl/N-ethyl adjacent to an activating group) is 1. The number of carboxylic acid groups (broad SMARTS) is 1. The van der Waals surface area contributed by atoms with Crippen LogP contribution in [0.2, 0.25) is 0 Å². The van der Waals surface area contributed by atoms with Gasteiger partial charge in [0.15, 0.2) is 0 Å². The second-order valence-corrected chi connectivity index (χ2v) is 6.12. The van der Waals surface area contributed by atoms with Gasteiger partial charge in [-0.2, -0.15) is 0 Å². The molecule has 0 bridgehead atoms. The Hall–Kier alpha value is -1.00. The largest absolute Gasteiger partial charge is 0.480 e. The number of hydrogen-bond acceptors (Lipinski definition) is 3. The zero-order valence-corrected chi connectivity index (χ0v) is 12.3. The van der Waals surface area contributed by atoms with Gasteiger partial charge in [-0.25, -0.2) is 0 Å². The number of hydrogen-bond donors (Lipinski definition) is 1. The number of aryl methyl sites for hydroxylation is 1. The molecule has 18 heavy (non-hydrogen) atoms. The van der Waals surface area contributed by atoms with Crippen molar-refractivity contribution in [3.05, 3.63) is 29.8 Å². The average molecular weight is 267 g/mol. The van der Waals surface area contributed by atoms with Gasteiger partial charge >= 0.3 is 5.97 Å². The van der Waals surface area contributed by atoms with Crippen molar-refractivity contribution in [3.8, 4) is 0 Å². The highest BCUT2D eigenvalue weighted by Crippen LogP contribution is 2.20. The second kappa shape index (κ2) is 6.25. The Morgan fingerprint density at radius 1 is 1.33 bits per heavy atom. The number of aliphatic carboxylic acids is 1. The van der Waals surface area contributed by atoms with Gasteiger partial charge in [-0.3, -0.25) is 9.69 Å². The molecule has 0 saturated heterocycles. The van der Waals surface area contributed by atoms with Gasteiger partial charge < -0.3 is 5.11 Å². The van der Waals surface area contributed by atoms with E-state index in [2.05, 4.69) is 31.2 Å². The summed E-state index contributed by atoms with van der Waals surface area (Å²) >= 11 is 1.75. The van der Waals surface area contributed by atoms with Crippen molar-refractivity contribution < 1.29 is 9.90 Å². The molecule has 0 aliphatic carbocycles. The van der Waals surface area contributed by atoms with Gasteiger partial charge in [0.1, 0.15) is 5.54 Å². The molecule has 1 aromatic rings. The van der Waals surface area contributed by atoms with Crippen molar-refractivity contribution in [1.29, 1.82) is 0 Å². The molecular formula is C14H21NO2S. The lowest BCUT2D eigenvalue weighted by atomic mass is 10.0. The summed E-state index contributed by atoms with van der Waals surface area (Å²) < 4.78 is 0. The molecule has 0 aliphatic heterocycles. The number of nitrogens with zero attached hydrogens (tertiary/aromatic N) is 1. The SMILES string of the molecule is Cc1ccc(SCCN(C)C(C)(C)C(=O)O)cc1. The third kappa shape index (κ3) is 4.03. The summed E-state index contributed by atoms with van der Waals surface area (Å²) in [5, 5.41) is 9.11. The highest BCUT2D eigenvalue weighted by Gasteiger charge is 2.31. The maximum atomic E-state index is 11.1. The van der Waals surface area contributed by atoms with E-state index in [-0.39, 0.29) is 0 Å². The lowest BCUT2D eigenvalue weighted by molar-refractivity contribution is -0.148. The molecule has 0 atom stereocenters. The first-order valence-electron chi connectivity index (χ1n) is 5.98. The molecule has 0 heterocycles. The van der Waals surface area contributed by atoms with Crippen LogP contribution in [0.15, 0.2) is 29.2 Å². The molecule has 0 aliphatic rings. The predicted octanol–water partition coefficient (Wildman–Crippen LogP) is 2.88. The number of benzene rings is 1. The van der Waals surface area contributed by atoms with E-state index in [1.165, 1.54) is 10.5 Å². The summed E-state index contributed by atoms with van der Waals surface area (Å²) in [5.74, 6) is 0.0985. The third-order valence-electron chi connectivity index (χ3n) is 3.19. The average Bonchev–Trinajstić information content (AvgIpc) is 2.31. The minimum Gasteiger partial charge on any atom is -0.480 e. The van der Waals surface area contributed by atoms with E-state index in [0.717, 1.165) is 12.3 Å². The van der Waals surface area contributed by atoms with Gasteiger partial charge in [-0.1, -0.05) is 17.7 Å².